The maximum absolute atomic E-state index is 11.9. The van der Waals surface area contributed by atoms with Crippen LogP contribution in [0.2, 0.25) is 0 Å². The molecule has 144 valence electrons. The SMILES string of the molecule is NC(=O)c1ccc(-n2cccc2Oc2ccccn2)cc1NC1CCCCC1. The molecule has 6 nitrogen and oxygen atoms in total. The second-order valence-electron chi connectivity index (χ2n) is 7.06. The smallest absolute Gasteiger partial charge is 0.250 e. The molecule has 0 bridgehead atoms. The first-order valence-corrected chi connectivity index (χ1v) is 9.68. The van der Waals surface area contributed by atoms with Crippen LogP contribution in [0, 0.1) is 0 Å². The Kier molecular flexibility index (Phi) is 5.28. The number of anilines is 1. The Balaban J connectivity index is 1.64. The standard InChI is InChI=1S/C22H24N4O2/c23-22(27)18-12-11-17(15-19(18)25-16-7-2-1-3-8-16)26-14-6-10-21(26)28-20-9-4-5-13-24-20/h4-6,9-16,25H,1-3,7-8H2,(H2,23,27). The van der Waals surface area contributed by atoms with Crippen LogP contribution in [0.3, 0.4) is 0 Å². The summed E-state index contributed by atoms with van der Waals surface area (Å²) >= 11 is 0. The van der Waals surface area contributed by atoms with Crippen molar-refractivity contribution < 1.29 is 9.53 Å². The van der Waals surface area contributed by atoms with Crippen molar-refractivity contribution in [1.29, 1.82) is 0 Å². The van der Waals surface area contributed by atoms with Crippen molar-refractivity contribution >= 4 is 11.6 Å². The number of benzene rings is 1. The van der Waals surface area contributed by atoms with Gasteiger partial charge in [-0.2, -0.15) is 0 Å². The zero-order valence-corrected chi connectivity index (χ0v) is 15.7. The molecule has 1 saturated carbocycles. The number of nitrogens with zero attached hydrogens (tertiary/aromatic N) is 2. The third-order valence-electron chi connectivity index (χ3n) is 5.07. The average molecular weight is 376 g/mol. The van der Waals surface area contributed by atoms with Crippen molar-refractivity contribution in [3.63, 3.8) is 0 Å². The Bertz CT molecular complexity index is 946. The highest BCUT2D eigenvalue weighted by atomic mass is 16.5. The van der Waals surface area contributed by atoms with Crippen LogP contribution in [0.15, 0.2) is 60.9 Å². The van der Waals surface area contributed by atoms with Gasteiger partial charge in [-0.1, -0.05) is 25.3 Å². The van der Waals surface area contributed by atoms with Crippen LogP contribution >= 0.6 is 0 Å². The monoisotopic (exact) mass is 376 g/mol. The van der Waals surface area contributed by atoms with Gasteiger partial charge in [-0.25, -0.2) is 4.98 Å². The van der Waals surface area contributed by atoms with Gasteiger partial charge in [-0.3, -0.25) is 9.36 Å². The molecule has 1 aliphatic rings. The Morgan fingerprint density at radius 2 is 1.96 bits per heavy atom. The highest BCUT2D eigenvalue weighted by Crippen LogP contribution is 2.29. The molecule has 2 aromatic heterocycles. The lowest BCUT2D eigenvalue weighted by Gasteiger charge is -2.25. The first-order chi connectivity index (χ1) is 13.7. The fourth-order valence-electron chi connectivity index (χ4n) is 3.66. The minimum atomic E-state index is -0.428. The zero-order valence-electron chi connectivity index (χ0n) is 15.7. The highest BCUT2D eigenvalue weighted by Gasteiger charge is 2.17. The van der Waals surface area contributed by atoms with Crippen LogP contribution < -0.4 is 15.8 Å². The van der Waals surface area contributed by atoms with E-state index < -0.39 is 5.91 Å². The zero-order chi connectivity index (χ0) is 19.3. The summed E-state index contributed by atoms with van der Waals surface area (Å²) in [7, 11) is 0. The molecule has 28 heavy (non-hydrogen) atoms. The minimum Gasteiger partial charge on any atom is -0.422 e. The number of hydrogen-bond acceptors (Lipinski definition) is 4. The van der Waals surface area contributed by atoms with E-state index in [-0.39, 0.29) is 0 Å². The van der Waals surface area contributed by atoms with Crippen molar-refractivity contribution in [2.24, 2.45) is 5.73 Å². The predicted octanol–water partition coefficient (Wildman–Crippen LogP) is 4.51. The number of primary amides is 1. The second-order valence-corrected chi connectivity index (χ2v) is 7.06. The third kappa shape index (κ3) is 4.01. The first-order valence-electron chi connectivity index (χ1n) is 9.68. The number of amides is 1. The number of rotatable bonds is 6. The van der Waals surface area contributed by atoms with Gasteiger partial charge in [-0.15, -0.1) is 0 Å². The number of carbonyl (C=O) groups is 1. The maximum Gasteiger partial charge on any atom is 0.250 e. The van der Waals surface area contributed by atoms with E-state index >= 15 is 0 Å². The number of aromatic nitrogens is 2. The fourth-order valence-corrected chi connectivity index (χ4v) is 3.66. The molecule has 0 spiro atoms. The van der Waals surface area contributed by atoms with Gasteiger partial charge < -0.3 is 15.8 Å². The summed E-state index contributed by atoms with van der Waals surface area (Å²) in [5.41, 5.74) is 7.77. The van der Waals surface area contributed by atoms with Gasteiger partial charge in [0, 0.05) is 36.3 Å². The lowest BCUT2D eigenvalue weighted by molar-refractivity contribution is 0.100. The number of nitrogens with two attached hydrogens (primary N) is 1. The largest absolute Gasteiger partial charge is 0.422 e. The highest BCUT2D eigenvalue weighted by molar-refractivity contribution is 5.99. The molecule has 0 unspecified atom stereocenters. The molecule has 0 aliphatic heterocycles. The van der Waals surface area contributed by atoms with Crippen molar-refractivity contribution in [3.8, 4) is 17.4 Å². The Hall–Kier alpha value is -3.28. The molecule has 0 saturated heterocycles. The van der Waals surface area contributed by atoms with E-state index in [1.165, 1.54) is 19.3 Å². The van der Waals surface area contributed by atoms with Gasteiger partial charge in [0.15, 0.2) is 0 Å². The predicted molar refractivity (Wildman–Crippen MR) is 109 cm³/mol. The van der Waals surface area contributed by atoms with Crippen LogP contribution in [0.4, 0.5) is 5.69 Å². The molecule has 1 amide bonds. The molecule has 1 aromatic carbocycles. The minimum absolute atomic E-state index is 0.371. The summed E-state index contributed by atoms with van der Waals surface area (Å²) in [4.78, 5) is 16.1. The van der Waals surface area contributed by atoms with Gasteiger partial charge in [0.25, 0.3) is 5.91 Å². The van der Waals surface area contributed by atoms with Gasteiger partial charge in [-0.05, 0) is 43.2 Å². The average Bonchev–Trinajstić information content (AvgIpc) is 3.17. The van der Waals surface area contributed by atoms with Gasteiger partial charge >= 0.3 is 0 Å². The topological polar surface area (TPSA) is 82.2 Å². The lowest BCUT2D eigenvalue weighted by Crippen LogP contribution is -2.24. The summed E-state index contributed by atoms with van der Waals surface area (Å²) in [6.45, 7) is 0. The molecule has 6 heteroatoms. The van der Waals surface area contributed by atoms with E-state index in [0.717, 1.165) is 24.2 Å². The van der Waals surface area contributed by atoms with Crippen molar-refractivity contribution in [2.75, 3.05) is 5.32 Å². The first kappa shape index (κ1) is 18.1. The third-order valence-corrected chi connectivity index (χ3v) is 5.07. The Labute approximate surface area is 164 Å². The molecule has 2 heterocycles. The van der Waals surface area contributed by atoms with Crippen LogP contribution in [0.1, 0.15) is 42.5 Å². The van der Waals surface area contributed by atoms with Crippen molar-refractivity contribution in [1.82, 2.24) is 9.55 Å². The lowest BCUT2D eigenvalue weighted by atomic mass is 9.95. The number of nitrogens with one attached hydrogen (secondary N) is 1. The van der Waals surface area contributed by atoms with Gasteiger partial charge in [0.05, 0.1) is 11.3 Å². The summed E-state index contributed by atoms with van der Waals surface area (Å²) in [6.07, 6.45) is 9.53. The van der Waals surface area contributed by atoms with Gasteiger partial charge in [0.1, 0.15) is 0 Å². The molecule has 3 aromatic rings. The molecule has 4 rings (SSSR count). The molecule has 0 atom stereocenters. The molecule has 3 N–H and O–H groups in total. The van der Waals surface area contributed by atoms with E-state index in [4.69, 9.17) is 10.5 Å². The Morgan fingerprint density at radius 1 is 1.11 bits per heavy atom. The van der Waals surface area contributed by atoms with Crippen LogP contribution in [-0.2, 0) is 0 Å². The van der Waals surface area contributed by atoms with Crippen LogP contribution in [-0.4, -0.2) is 21.5 Å². The van der Waals surface area contributed by atoms with Crippen LogP contribution in [0.5, 0.6) is 11.8 Å². The summed E-state index contributed by atoms with van der Waals surface area (Å²) in [5.74, 6) is 0.744. The Morgan fingerprint density at radius 3 is 2.71 bits per heavy atom. The second kappa shape index (κ2) is 8.17. The fraction of sp³-hybridized carbons (Fsp3) is 0.273. The van der Waals surface area contributed by atoms with E-state index in [0.29, 0.717) is 23.4 Å². The number of ether oxygens (including phenoxy) is 1. The van der Waals surface area contributed by atoms with Crippen molar-refractivity contribution in [2.45, 2.75) is 38.1 Å². The molecule has 0 radical (unpaired) electrons. The van der Waals surface area contributed by atoms with Crippen LogP contribution in [0.25, 0.3) is 5.69 Å². The molecule has 1 aliphatic carbocycles. The maximum atomic E-state index is 11.9. The van der Waals surface area contributed by atoms with E-state index in [1.54, 1.807) is 12.3 Å². The van der Waals surface area contributed by atoms with E-state index in [1.807, 2.05) is 53.2 Å². The normalized spacial score (nSPS) is 14.6. The molecule has 1 fully saturated rings. The molecular formula is C22H24N4O2. The number of carbonyl (C=O) groups excluding carboxylic acids is 1. The summed E-state index contributed by atoms with van der Waals surface area (Å²) < 4.78 is 7.83. The van der Waals surface area contributed by atoms with E-state index in [9.17, 15) is 4.79 Å². The molecular weight excluding hydrogens is 352 g/mol. The van der Waals surface area contributed by atoms with Gasteiger partial charge in [0.2, 0.25) is 11.8 Å². The summed E-state index contributed by atoms with van der Waals surface area (Å²) in [5, 5.41) is 3.53. The number of hydrogen-bond donors (Lipinski definition) is 2. The quantitative estimate of drug-likeness (QED) is 0.663. The summed E-state index contributed by atoms with van der Waals surface area (Å²) in [6, 6.07) is 15.3. The number of pyridine rings is 1. The van der Waals surface area contributed by atoms with E-state index in [2.05, 4.69) is 10.3 Å². The van der Waals surface area contributed by atoms with Crippen molar-refractivity contribution in [3.05, 3.63) is 66.5 Å².